The Kier molecular flexibility index (Phi) is 2.07. The summed E-state index contributed by atoms with van der Waals surface area (Å²) in [4.78, 5) is 4.37. The summed E-state index contributed by atoms with van der Waals surface area (Å²) in [7, 11) is -2.69. The predicted molar refractivity (Wildman–Crippen MR) is 65.6 cm³/mol. The van der Waals surface area contributed by atoms with Gasteiger partial charge in [-0.2, -0.15) is 0 Å². The van der Waals surface area contributed by atoms with Crippen molar-refractivity contribution >= 4 is 27.5 Å². The first-order valence-electron chi connectivity index (χ1n) is 4.97. The summed E-state index contributed by atoms with van der Waals surface area (Å²) < 4.78 is 21.8. The lowest BCUT2D eigenvalue weighted by Crippen LogP contribution is -2.21. The van der Waals surface area contributed by atoms with Crippen molar-refractivity contribution in [3.63, 3.8) is 0 Å². The molecule has 0 saturated carbocycles. The Bertz CT molecular complexity index is 557. The molecule has 0 atom stereocenters. The molecule has 1 aromatic heterocycles. The van der Waals surface area contributed by atoms with Crippen LogP contribution in [-0.4, -0.2) is 19.8 Å². The Balaban J connectivity index is 2.17. The molecule has 4 nitrogen and oxygen atoms in total. The normalized spacial score (nSPS) is 19.9. The first-order chi connectivity index (χ1) is 7.64. The zero-order valence-corrected chi connectivity index (χ0v) is 9.29. The van der Waals surface area contributed by atoms with Gasteiger partial charge in [0.1, 0.15) is 5.82 Å². The van der Waals surface area contributed by atoms with E-state index in [4.69, 9.17) is 0 Å². The van der Waals surface area contributed by atoms with E-state index in [1.807, 2.05) is 18.2 Å². The molecule has 0 unspecified atom stereocenters. The quantitative estimate of drug-likeness (QED) is 0.656. The van der Waals surface area contributed by atoms with Crippen molar-refractivity contribution in [2.45, 2.75) is 6.42 Å². The molecular weight excluding hydrogens is 224 g/mol. The molecule has 1 aliphatic heterocycles. The van der Waals surface area contributed by atoms with Gasteiger partial charge in [0.15, 0.2) is 0 Å². The number of aromatic nitrogens is 1. The molecule has 2 aromatic rings. The highest BCUT2D eigenvalue weighted by molar-refractivity contribution is 8.25. The summed E-state index contributed by atoms with van der Waals surface area (Å²) in [6.45, 7) is 0. The molecule has 16 heavy (non-hydrogen) atoms. The first kappa shape index (κ1) is 9.89. The Morgan fingerprint density at radius 1 is 1.44 bits per heavy atom. The summed E-state index contributed by atoms with van der Waals surface area (Å²) >= 11 is 0. The van der Waals surface area contributed by atoms with Crippen molar-refractivity contribution in [1.29, 1.82) is 0 Å². The fourth-order valence-corrected chi connectivity index (χ4v) is 2.93. The molecule has 0 amide bonds. The lowest BCUT2D eigenvalue weighted by molar-refractivity contribution is 0.491. The fourth-order valence-electron chi connectivity index (χ4n) is 1.84. The van der Waals surface area contributed by atoms with Crippen molar-refractivity contribution in [3.8, 4) is 0 Å². The Morgan fingerprint density at radius 3 is 3.19 bits per heavy atom. The number of hydrogen-bond donors (Lipinski definition) is 3. The SMILES string of the molecule is OS1(O)CCc2cc3cc[c]cc3nc2N1. The lowest BCUT2D eigenvalue weighted by atomic mass is 10.1. The van der Waals surface area contributed by atoms with Crippen LogP contribution < -0.4 is 4.72 Å². The second-order valence-corrected chi connectivity index (χ2v) is 5.78. The number of fused-ring (bicyclic) bond motifs is 2. The standard InChI is InChI=1S/C11H11N2O2S/c14-16(15)6-5-9-7-8-3-1-2-4-10(8)12-11(9)13-16/h1,3-4,7,14-15H,5-6H2,(H,12,13). The van der Waals surface area contributed by atoms with Crippen LogP contribution in [0, 0.1) is 6.07 Å². The maximum atomic E-state index is 9.57. The number of anilines is 1. The van der Waals surface area contributed by atoms with Gasteiger partial charge >= 0.3 is 0 Å². The maximum Gasteiger partial charge on any atom is 0.148 e. The lowest BCUT2D eigenvalue weighted by Gasteiger charge is -2.37. The molecule has 1 aromatic carbocycles. The van der Waals surface area contributed by atoms with E-state index in [9.17, 15) is 9.11 Å². The summed E-state index contributed by atoms with van der Waals surface area (Å²) in [6.07, 6.45) is 0.645. The topological polar surface area (TPSA) is 65.4 Å². The molecule has 0 saturated heterocycles. The second-order valence-electron chi connectivity index (χ2n) is 3.84. The molecule has 5 heteroatoms. The Labute approximate surface area is 94.8 Å². The highest BCUT2D eigenvalue weighted by Crippen LogP contribution is 2.44. The molecule has 2 heterocycles. The fraction of sp³-hybridized carbons (Fsp3) is 0.182. The highest BCUT2D eigenvalue weighted by Gasteiger charge is 2.22. The van der Waals surface area contributed by atoms with Gasteiger partial charge in [0, 0.05) is 5.39 Å². The van der Waals surface area contributed by atoms with E-state index in [0.29, 0.717) is 18.0 Å². The van der Waals surface area contributed by atoms with Crippen LogP contribution in [0.1, 0.15) is 5.56 Å². The van der Waals surface area contributed by atoms with Crippen LogP contribution in [0.4, 0.5) is 5.82 Å². The molecule has 0 aliphatic carbocycles. The van der Waals surface area contributed by atoms with Crippen molar-refractivity contribution in [2.75, 3.05) is 10.5 Å². The first-order valence-corrected chi connectivity index (χ1v) is 6.69. The van der Waals surface area contributed by atoms with Crippen molar-refractivity contribution < 1.29 is 9.11 Å². The monoisotopic (exact) mass is 235 g/mol. The van der Waals surface area contributed by atoms with E-state index in [1.54, 1.807) is 6.07 Å². The van der Waals surface area contributed by atoms with Gasteiger partial charge < -0.3 is 0 Å². The summed E-state index contributed by atoms with van der Waals surface area (Å²) in [6, 6.07) is 10.6. The van der Waals surface area contributed by atoms with Crippen molar-refractivity contribution in [3.05, 3.63) is 35.9 Å². The Hall–Kier alpha value is -1.30. The van der Waals surface area contributed by atoms with Gasteiger partial charge in [-0.25, -0.2) is 4.98 Å². The minimum absolute atomic E-state index is 0.353. The summed E-state index contributed by atoms with van der Waals surface area (Å²) in [5.41, 5.74) is 1.84. The van der Waals surface area contributed by atoms with E-state index < -0.39 is 10.8 Å². The number of benzene rings is 1. The van der Waals surface area contributed by atoms with E-state index in [-0.39, 0.29) is 0 Å². The van der Waals surface area contributed by atoms with Crippen LogP contribution in [0.5, 0.6) is 0 Å². The number of rotatable bonds is 0. The molecule has 1 aliphatic rings. The van der Waals surface area contributed by atoms with E-state index in [2.05, 4.69) is 15.8 Å². The molecule has 0 bridgehead atoms. The van der Waals surface area contributed by atoms with E-state index in [1.165, 1.54) is 0 Å². The van der Waals surface area contributed by atoms with Gasteiger partial charge in [-0.05, 0) is 30.2 Å². The third kappa shape index (κ3) is 1.63. The molecule has 1 radical (unpaired) electrons. The molecule has 0 spiro atoms. The van der Waals surface area contributed by atoms with Gasteiger partial charge in [0.05, 0.1) is 11.3 Å². The van der Waals surface area contributed by atoms with E-state index >= 15 is 0 Å². The maximum absolute atomic E-state index is 9.57. The largest absolute Gasteiger partial charge is 0.282 e. The smallest absolute Gasteiger partial charge is 0.148 e. The minimum atomic E-state index is -2.69. The minimum Gasteiger partial charge on any atom is -0.282 e. The number of aryl methyl sites for hydroxylation is 1. The summed E-state index contributed by atoms with van der Waals surface area (Å²) in [5.74, 6) is 0.935. The van der Waals surface area contributed by atoms with Crippen LogP contribution in [-0.2, 0) is 6.42 Å². The second kappa shape index (κ2) is 3.35. The number of pyridine rings is 1. The average molecular weight is 235 g/mol. The van der Waals surface area contributed by atoms with Crippen molar-refractivity contribution in [1.82, 2.24) is 4.98 Å². The average Bonchev–Trinajstić information content (AvgIpc) is 2.25. The zero-order valence-electron chi connectivity index (χ0n) is 8.47. The number of nitrogens with zero attached hydrogens (tertiary/aromatic N) is 1. The molecule has 3 rings (SSSR count). The van der Waals surface area contributed by atoms with Crippen LogP contribution >= 0.6 is 10.8 Å². The molecule has 83 valence electrons. The van der Waals surface area contributed by atoms with Crippen LogP contribution in [0.2, 0.25) is 0 Å². The molecular formula is C11H11N2O2S. The molecule has 3 N–H and O–H groups in total. The zero-order chi connectivity index (χ0) is 11.2. The highest BCUT2D eigenvalue weighted by atomic mass is 32.3. The van der Waals surface area contributed by atoms with Gasteiger partial charge in [0.25, 0.3) is 0 Å². The van der Waals surface area contributed by atoms with Crippen LogP contribution in [0.15, 0.2) is 24.3 Å². The van der Waals surface area contributed by atoms with Gasteiger partial charge in [-0.1, -0.05) is 12.1 Å². The van der Waals surface area contributed by atoms with Gasteiger partial charge in [-0.15, -0.1) is 10.8 Å². The van der Waals surface area contributed by atoms with Gasteiger partial charge in [0.2, 0.25) is 0 Å². The third-order valence-corrected chi connectivity index (χ3v) is 3.95. The van der Waals surface area contributed by atoms with Crippen LogP contribution in [0.25, 0.3) is 10.9 Å². The summed E-state index contributed by atoms with van der Waals surface area (Å²) in [5, 5.41) is 1.05. The van der Waals surface area contributed by atoms with Crippen LogP contribution in [0.3, 0.4) is 0 Å². The van der Waals surface area contributed by atoms with Gasteiger partial charge in [-0.3, -0.25) is 13.8 Å². The number of hydrogen-bond acceptors (Lipinski definition) is 4. The van der Waals surface area contributed by atoms with E-state index in [0.717, 1.165) is 16.5 Å². The Morgan fingerprint density at radius 2 is 2.31 bits per heavy atom. The predicted octanol–water partition coefficient (Wildman–Crippen LogP) is 2.67. The molecule has 0 fully saturated rings. The third-order valence-electron chi connectivity index (χ3n) is 2.66. The number of nitrogens with one attached hydrogen (secondary N) is 1. The van der Waals surface area contributed by atoms with Crippen molar-refractivity contribution in [2.24, 2.45) is 0 Å².